The number of aromatic amines is 1. The van der Waals surface area contributed by atoms with E-state index < -0.39 is 0 Å². The standard InChI is InChI=1S/C15H21N3O/c1-4-11(2)19-14-7-5-12(6-8-14)15-9-13(10-16-3)17-18-15/h5-9,11,16H,4,10H2,1-3H3,(H,17,18). The lowest BCUT2D eigenvalue weighted by Gasteiger charge is -2.12. The second-order valence-electron chi connectivity index (χ2n) is 4.67. The molecule has 1 heterocycles. The van der Waals surface area contributed by atoms with E-state index in [-0.39, 0.29) is 6.10 Å². The van der Waals surface area contributed by atoms with Crippen LogP contribution in [0, 0.1) is 0 Å². The quantitative estimate of drug-likeness (QED) is 0.838. The largest absolute Gasteiger partial charge is 0.491 e. The Balaban J connectivity index is 2.08. The van der Waals surface area contributed by atoms with Gasteiger partial charge in [0.15, 0.2) is 0 Å². The molecule has 1 atom stereocenters. The minimum absolute atomic E-state index is 0.249. The zero-order chi connectivity index (χ0) is 13.7. The summed E-state index contributed by atoms with van der Waals surface area (Å²) < 4.78 is 5.76. The van der Waals surface area contributed by atoms with E-state index in [2.05, 4.69) is 35.4 Å². The van der Waals surface area contributed by atoms with E-state index in [1.54, 1.807) is 0 Å². The van der Waals surface area contributed by atoms with Crippen molar-refractivity contribution in [3.05, 3.63) is 36.0 Å². The molecule has 1 unspecified atom stereocenters. The van der Waals surface area contributed by atoms with Gasteiger partial charge in [0, 0.05) is 17.8 Å². The molecule has 1 aromatic heterocycles. The highest BCUT2D eigenvalue weighted by Crippen LogP contribution is 2.22. The molecule has 0 saturated heterocycles. The third-order valence-electron chi connectivity index (χ3n) is 3.06. The minimum Gasteiger partial charge on any atom is -0.491 e. The second kappa shape index (κ2) is 6.38. The lowest BCUT2D eigenvalue weighted by atomic mass is 10.1. The molecule has 0 spiro atoms. The predicted molar refractivity (Wildman–Crippen MR) is 77.2 cm³/mol. The van der Waals surface area contributed by atoms with Gasteiger partial charge in [-0.3, -0.25) is 5.10 Å². The highest BCUT2D eigenvalue weighted by atomic mass is 16.5. The average molecular weight is 259 g/mol. The Hall–Kier alpha value is -1.81. The summed E-state index contributed by atoms with van der Waals surface area (Å²) in [6, 6.07) is 10.1. The summed E-state index contributed by atoms with van der Waals surface area (Å²) in [6.45, 7) is 4.99. The zero-order valence-corrected chi connectivity index (χ0v) is 11.7. The van der Waals surface area contributed by atoms with Gasteiger partial charge in [0.1, 0.15) is 5.75 Å². The summed E-state index contributed by atoms with van der Waals surface area (Å²) in [4.78, 5) is 0. The number of ether oxygens (including phenoxy) is 1. The lowest BCUT2D eigenvalue weighted by Crippen LogP contribution is -2.09. The van der Waals surface area contributed by atoms with Crippen molar-refractivity contribution in [3.63, 3.8) is 0 Å². The molecule has 19 heavy (non-hydrogen) atoms. The number of nitrogens with one attached hydrogen (secondary N) is 2. The summed E-state index contributed by atoms with van der Waals surface area (Å²) >= 11 is 0. The van der Waals surface area contributed by atoms with Gasteiger partial charge in [-0.2, -0.15) is 5.10 Å². The third-order valence-corrected chi connectivity index (χ3v) is 3.06. The number of benzene rings is 1. The van der Waals surface area contributed by atoms with Gasteiger partial charge in [-0.05, 0) is 50.7 Å². The molecule has 102 valence electrons. The van der Waals surface area contributed by atoms with Crippen LogP contribution in [-0.2, 0) is 6.54 Å². The number of hydrogen-bond donors (Lipinski definition) is 2. The van der Waals surface area contributed by atoms with Gasteiger partial charge < -0.3 is 10.1 Å². The fourth-order valence-electron chi connectivity index (χ4n) is 1.81. The molecular weight excluding hydrogens is 238 g/mol. The van der Waals surface area contributed by atoms with Crippen molar-refractivity contribution in [2.24, 2.45) is 0 Å². The molecule has 4 heteroatoms. The number of H-pyrrole nitrogens is 1. The maximum atomic E-state index is 5.76. The number of hydrogen-bond acceptors (Lipinski definition) is 3. The molecular formula is C15H21N3O. The fraction of sp³-hybridized carbons (Fsp3) is 0.400. The summed E-state index contributed by atoms with van der Waals surface area (Å²) in [5.74, 6) is 0.907. The van der Waals surface area contributed by atoms with Crippen LogP contribution in [0.5, 0.6) is 5.75 Å². The SMILES string of the molecule is CCC(C)Oc1ccc(-c2cc(CNC)[nH]n2)cc1. The molecule has 0 amide bonds. The molecule has 2 rings (SSSR count). The van der Waals surface area contributed by atoms with E-state index in [4.69, 9.17) is 4.74 Å². The first kappa shape index (κ1) is 13.6. The predicted octanol–water partition coefficient (Wildman–Crippen LogP) is 2.97. The molecule has 0 aliphatic rings. The number of aromatic nitrogens is 2. The molecule has 4 nitrogen and oxygen atoms in total. The Kier molecular flexibility index (Phi) is 4.58. The van der Waals surface area contributed by atoms with E-state index in [1.165, 1.54) is 0 Å². The van der Waals surface area contributed by atoms with Gasteiger partial charge in [0.25, 0.3) is 0 Å². The van der Waals surface area contributed by atoms with Crippen LogP contribution in [0.15, 0.2) is 30.3 Å². The minimum atomic E-state index is 0.249. The first-order valence-corrected chi connectivity index (χ1v) is 6.69. The van der Waals surface area contributed by atoms with Gasteiger partial charge in [0.05, 0.1) is 11.8 Å². The van der Waals surface area contributed by atoms with Crippen LogP contribution in [-0.4, -0.2) is 23.3 Å². The monoisotopic (exact) mass is 259 g/mol. The molecule has 2 aromatic rings. The lowest BCUT2D eigenvalue weighted by molar-refractivity contribution is 0.217. The van der Waals surface area contributed by atoms with Crippen molar-refractivity contribution in [1.82, 2.24) is 15.5 Å². The van der Waals surface area contributed by atoms with Crippen LogP contribution >= 0.6 is 0 Å². The third kappa shape index (κ3) is 3.58. The van der Waals surface area contributed by atoms with Crippen molar-refractivity contribution in [2.45, 2.75) is 32.9 Å². The van der Waals surface area contributed by atoms with Crippen LogP contribution in [0.3, 0.4) is 0 Å². The molecule has 0 bridgehead atoms. The zero-order valence-electron chi connectivity index (χ0n) is 11.7. The topological polar surface area (TPSA) is 49.9 Å². The highest BCUT2D eigenvalue weighted by Gasteiger charge is 2.05. The first-order valence-electron chi connectivity index (χ1n) is 6.69. The number of nitrogens with zero attached hydrogens (tertiary/aromatic N) is 1. The molecule has 0 aliphatic heterocycles. The summed E-state index contributed by atoms with van der Waals surface area (Å²) in [7, 11) is 1.92. The molecule has 1 aromatic carbocycles. The first-order chi connectivity index (χ1) is 9.22. The smallest absolute Gasteiger partial charge is 0.119 e. The highest BCUT2D eigenvalue weighted by molar-refractivity contribution is 5.60. The van der Waals surface area contributed by atoms with Crippen LogP contribution in [0.25, 0.3) is 11.3 Å². The van der Waals surface area contributed by atoms with Gasteiger partial charge in [-0.1, -0.05) is 6.92 Å². The normalized spacial score (nSPS) is 12.4. The Labute approximate surface area is 114 Å². The van der Waals surface area contributed by atoms with E-state index in [9.17, 15) is 0 Å². The van der Waals surface area contributed by atoms with Crippen LogP contribution in [0.2, 0.25) is 0 Å². The maximum absolute atomic E-state index is 5.76. The number of rotatable bonds is 6. The molecule has 0 radical (unpaired) electrons. The van der Waals surface area contributed by atoms with Gasteiger partial charge in [-0.25, -0.2) is 0 Å². The van der Waals surface area contributed by atoms with Gasteiger partial charge in [0.2, 0.25) is 0 Å². The summed E-state index contributed by atoms with van der Waals surface area (Å²) in [5, 5.41) is 10.4. The van der Waals surface area contributed by atoms with Gasteiger partial charge in [-0.15, -0.1) is 0 Å². The Morgan fingerprint density at radius 2 is 2.05 bits per heavy atom. The fourth-order valence-corrected chi connectivity index (χ4v) is 1.81. The second-order valence-corrected chi connectivity index (χ2v) is 4.67. The van der Waals surface area contributed by atoms with Crippen molar-refractivity contribution in [3.8, 4) is 17.0 Å². The van der Waals surface area contributed by atoms with E-state index in [0.29, 0.717) is 0 Å². The van der Waals surface area contributed by atoms with Crippen LogP contribution < -0.4 is 10.1 Å². The van der Waals surface area contributed by atoms with E-state index >= 15 is 0 Å². The van der Waals surface area contributed by atoms with Crippen molar-refractivity contribution in [1.29, 1.82) is 0 Å². The summed E-state index contributed by atoms with van der Waals surface area (Å²) in [6.07, 6.45) is 1.26. The van der Waals surface area contributed by atoms with E-state index in [0.717, 1.165) is 35.7 Å². The maximum Gasteiger partial charge on any atom is 0.119 e. The van der Waals surface area contributed by atoms with Crippen molar-refractivity contribution >= 4 is 0 Å². The summed E-state index contributed by atoms with van der Waals surface area (Å²) in [5.41, 5.74) is 3.13. The van der Waals surface area contributed by atoms with Crippen LogP contribution in [0.1, 0.15) is 26.0 Å². The van der Waals surface area contributed by atoms with E-state index in [1.807, 2.05) is 31.3 Å². The van der Waals surface area contributed by atoms with Crippen LogP contribution in [0.4, 0.5) is 0 Å². The molecule has 0 aliphatic carbocycles. The average Bonchev–Trinajstić information content (AvgIpc) is 2.88. The Morgan fingerprint density at radius 3 is 2.68 bits per heavy atom. The molecule has 0 saturated carbocycles. The molecule has 0 fully saturated rings. The van der Waals surface area contributed by atoms with Crippen molar-refractivity contribution in [2.75, 3.05) is 7.05 Å². The van der Waals surface area contributed by atoms with Crippen molar-refractivity contribution < 1.29 is 4.74 Å². The Bertz CT molecular complexity index is 504. The van der Waals surface area contributed by atoms with Gasteiger partial charge >= 0.3 is 0 Å². The molecule has 2 N–H and O–H groups in total. The Morgan fingerprint density at radius 1 is 1.32 bits per heavy atom.